The number of carbonyl (C=O) groups excluding carboxylic acids is 1. The van der Waals surface area contributed by atoms with Crippen molar-refractivity contribution >= 4 is 32.7 Å². The molecule has 0 radical (unpaired) electrons. The molecule has 2 atom stereocenters. The van der Waals surface area contributed by atoms with Gasteiger partial charge in [0.25, 0.3) is 0 Å². The Hall–Kier alpha value is -0.560. The van der Waals surface area contributed by atoms with E-state index in [1.807, 2.05) is 4.90 Å². The van der Waals surface area contributed by atoms with Crippen LogP contribution in [0, 0.1) is 0 Å². The monoisotopic (exact) mass is 262 g/mol. The van der Waals surface area contributed by atoms with Crippen LogP contribution in [0.4, 0.5) is 0 Å². The van der Waals surface area contributed by atoms with Crippen LogP contribution in [0.2, 0.25) is 0 Å². The molecule has 0 unspecified atom stereocenters. The van der Waals surface area contributed by atoms with Crippen molar-refractivity contribution in [3.05, 3.63) is 0 Å². The van der Waals surface area contributed by atoms with Gasteiger partial charge in [0.15, 0.2) is 15.0 Å². The lowest BCUT2D eigenvalue weighted by Gasteiger charge is -2.17. The molecule has 0 aromatic carbocycles. The van der Waals surface area contributed by atoms with Crippen LogP contribution in [0.15, 0.2) is 4.99 Å². The zero-order valence-corrected chi connectivity index (χ0v) is 10.8. The van der Waals surface area contributed by atoms with Crippen LogP contribution >= 0.6 is 11.8 Å². The summed E-state index contributed by atoms with van der Waals surface area (Å²) < 4.78 is 22.9. The lowest BCUT2D eigenvalue weighted by Crippen LogP contribution is -2.34. The van der Waals surface area contributed by atoms with Gasteiger partial charge in [0.05, 0.1) is 17.5 Å². The number of carbonyl (C=O) groups is 1. The molecule has 0 aromatic heterocycles. The van der Waals surface area contributed by atoms with E-state index in [9.17, 15) is 13.2 Å². The van der Waals surface area contributed by atoms with E-state index in [0.29, 0.717) is 11.6 Å². The number of hydrogen-bond acceptors (Lipinski definition) is 4. The van der Waals surface area contributed by atoms with Gasteiger partial charge in [-0.15, -0.1) is 0 Å². The number of thioether (sulfide) groups is 1. The molecule has 2 aliphatic heterocycles. The van der Waals surface area contributed by atoms with Crippen LogP contribution in [0.1, 0.15) is 13.3 Å². The summed E-state index contributed by atoms with van der Waals surface area (Å²) in [5.41, 5.74) is 0. The van der Waals surface area contributed by atoms with Crippen molar-refractivity contribution in [3.8, 4) is 0 Å². The summed E-state index contributed by atoms with van der Waals surface area (Å²) in [6.07, 6.45) is 0.380. The average Bonchev–Trinajstić information content (AvgIpc) is 2.63. The highest BCUT2D eigenvalue weighted by Crippen LogP contribution is 2.36. The molecule has 2 aliphatic rings. The minimum atomic E-state index is -2.90. The largest absolute Gasteiger partial charge is 0.349 e. The van der Waals surface area contributed by atoms with E-state index >= 15 is 0 Å². The normalized spacial score (nSPS) is 34.4. The third-order valence-electron chi connectivity index (χ3n) is 2.85. The molecule has 1 amide bonds. The highest BCUT2D eigenvalue weighted by Gasteiger charge is 2.47. The van der Waals surface area contributed by atoms with E-state index in [1.165, 1.54) is 11.8 Å². The number of rotatable bonds is 1. The highest BCUT2D eigenvalue weighted by atomic mass is 32.2. The Morgan fingerprint density at radius 3 is 2.81 bits per heavy atom. The third kappa shape index (κ3) is 2.10. The first-order chi connectivity index (χ1) is 7.43. The molecule has 2 rings (SSSR count). The molecule has 2 heterocycles. The first-order valence-corrected chi connectivity index (χ1v) is 7.84. The van der Waals surface area contributed by atoms with Crippen molar-refractivity contribution in [2.24, 2.45) is 4.99 Å². The predicted molar refractivity (Wildman–Crippen MR) is 64.3 cm³/mol. The Morgan fingerprint density at radius 1 is 1.56 bits per heavy atom. The third-order valence-corrected chi connectivity index (χ3v) is 6.15. The maximum atomic E-state index is 11.4. The van der Waals surface area contributed by atoms with Gasteiger partial charge in [-0.05, 0) is 0 Å². The standard InChI is InChI=1S/C9H14N2O3S2/c1-3-8(12)10-9-11(2)6-4-16(13,14)5-7(6)15-9/h6-7H,3-5H2,1-2H3/t6-,7-/m1/s1. The maximum absolute atomic E-state index is 11.4. The van der Waals surface area contributed by atoms with Gasteiger partial charge in [0.1, 0.15) is 0 Å². The summed E-state index contributed by atoms with van der Waals surface area (Å²) in [6, 6.07) is -0.0154. The van der Waals surface area contributed by atoms with Crippen LogP contribution in [0.5, 0.6) is 0 Å². The highest BCUT2D eigenvalue weighted by molar-refractivity contribution is 8.15. The van der Waals surface area contributed by atoms with E-state index < -0.39 is 9.84 Å². The molecular formula is C9H14N2O3S2. The molecule has 0 spiro atoms. The van der Waals surface area contributed by atoms with E-state index in [0.717, 1.165) is 0 Å². The number of nitrogens with zero attached hydrogens (tertiary/aromatic N) is 2. The van der Waals surface area contributed by atoms with E-state index in [-0.39, 0.29) is 28.7 Å². The number of aliphatic imine (C=N–C) groups is 1. The zero-order chi connectivity index (χ0) is 11.9. The Bertz CT molecular complexity index is 444. The lowest BCUT2D eigenvalue weighted by molar-refractivity contribution is -0.117. The molecule has 0 N–H and O–H groups in total. The molecular weight excluding hydrogens is 248 g/mol. The summed E-state index contributed by atoms with van der Waals surface area (Å²) in [6.45, 7) is 1.76. The van der Waals surface area contributed by atoms with Crippen LogP contribution in [-0.4, -0.2) is 54.2 Å². The van der Waals surface area contributed by atoms with Gasteiger partial charge in [0.2, 0.25) is 5.91 Å². The quantitative estimate of drug-likeness (QED) is 0.671. The van der Waals surface area contributed by atoms with Crippen LogP contribution < -0.4 is 0 Å². The van der Waals surface area contributed by atoms with Crippen molar-refractivity contribution in [2.45, 2.75) is 24.6 Å². The second-order valence-electron chi connectivity index (χ2n) is 4.05. The Balaban J connectivity index is 2.17. The minimum absolute atomic E-state index is 0.0154. The van der Waals surface area contributed by atoms with E-state index in [1.54, 1.807) is 14.0 Å². The van der Waals surface area contributed by atoms with Crippen molar-refractivity contribution in [3.63, 3.8) is 0 Å². The SMILES string of the molecule is CCC(=O)N=C1S[C@@H]2CS(=O)(=O)C[C@H]2N1C. The van der Waals surface area contributed by atoms with Gasteiger partial charge in [-0.3, -0.25) is 4.79 Å². The van der Waals surface area contributed by atoms with E-state index in [4.69, 9.17) is 0 Å². The number of sulfone groups is 1. The summed E-state index contributed by atoms with van der Waals surface area (Å²) >= 11 is 1.41. The molecule has 0 bridgehead atoms. The van der Waals surface area contributed by atoms with Gasteiger partial charge in [0, 0.05) is 18.7 Å². The number of amidine groups is 1. The Kier molecular flexibility index (Phi) is 3.00. The van der Waals surface area contributed by atoms with Gasteiger partial charge in [-0.25, -0.2) is 8.42 Å². The maximum Gasteiger partial charge on any atom is 0.247 e. The van der Waals surface area contributed by atoms with E-state index in [2.05, 4.69) is 4.99 Å². The summed E-state index contributed by atoms with van der Waals surface area (Å²) in [5.74, 6) is 0.226. The Labute approximate surface area is 99.2 Å². The second-order valence-corrected chi connectivity index (χ2v) is 7.41. The first-order valence-electron chi connectivity index (χ1n) is 5.14. The summed E-state index contributed by atoms with van der Waals surface area (Å²) in [5, 5.41) is 0.704. The van der Waals surface area contributed by atoms with Crippen molar-refractivity contribution in [1.82, 2.24) is 4.90 Å². The van der Waals surface area contributed by atoms with Gasteiger partial charge in [-0.2, -0.15) is 4.99 Å². The lowest BCUT2D eigenvalue weighted by atomic mass is 10.2. The van der Waals surface area contributed by atoms with Crippen molar-refractivity contribution < 1.29 is 13.2 Å². The molecule has 90 valence electrons. The summed E-state index contributed by atoms with van der Waals surface area (Å²) in [4.78, 5) is 17.0. The molecule has 0 aromatic rings. The summed E-state index contributed by atoms with van der Waals surface area (Å²) in [7, 11) is -1.09. The van der Waals surface area contributed by atoms with Gasteiger partial charge < -0.3 is 4.90 Å². The van der Waals surface area contributed by atoms with Crippen LogP contribution in [0.25, 0.3) is 0 Å². The zero-order valence-electron chi connectivity index (χ0n) is 9.21. The fourth-order valence-electron chi connectivity index (χ4n) is 1.92. The second kappa shape index (κ2) is 4.03. The Morgan fingerprint density at radius 2 is 2.25 bits per heavy atom. The number of fused-ring (bicyclic) bond motifs is 1. The predicted octanol–water partition coefficient (Wildman–Crippen LogP) is 0.123. The fraction of sp³-hybridized carbons (Fsp3) is 0.778. The number of hydrogen-bond donors (Lipinski definition) is 0. The van der Waals surface area contributed by atoms with Crippen LogP contribution in [0.3, 0.4) is 0 Å². The molecule has 0 aliphatic carbocycles. The molecule has 16 heavy (non-hydrogen) atoms. The van der Waals surface area contributed by atoms with Crippen molar-refractivity contribution in [1.29, 1.82) is 0 Å². The smallest absolute Gasteiger partial charge is 0.247 e. The van der Waals surface area contributed by atoms with Crippen LogP contribution in [-0.2, 0) is 14.6 Å². The topological polar surface area (TPSA) is 66.8 Å². The number of amides is 1. The average molecular weight is 262 g/mol. The van der Waals surface area contributed by atoms with Gasteiger partial charge >= 0.3 is 0 Å². The van der Waals surface area contributed by atoms with Crippen molar-refractivity contribution in [2.75, 3.05) is 18.6 Å². The molecule has 2 fully saturated rings. The molecule has 0 saturated carbocycles. The molecule has 5 nitrogen and oxygen atoms in total. The van der Waals surface area contributed by atoms with Gasteiger partial charge in [-0.1, -0.05) is 18.7 Å². The minimum Gasteiger partial charge on any atom is -0.349 e. The molecule has 2 saturated heterocycles. The first kappa shape index (κ1) is 11.9. The molecule has 7 heteroatoms. The fourth-order valence-corrected chi connectivity index (χ4v) is 5.94.